The Kier molecular flexibility index (Phi) is 12.3. The molecule has 3 N–H and O–H groups in total. The topological polar surface area (TPSA) is 91.5 Å². The number of carbonyl (C=O) groups is 1. The third-order valence-electron chi connectivity index (χ3n) is 3.12. The van der Waals surface area contributed by atoms with Crippen molar-refractivity contribution in [3.63, 3.8) is 0 Å². The monoisotopic (exact) mass is 451 g/mol. The van der Waals surface area contributed by atoms with E-state index in [9.17, 15) is 4.79 Å². The van der Waals surface area contributed by atoms with Crippen LogP contribution in [0.2, 0.25) is 0 Å². The van der Waals surface area contributed by atoms with Gasteiger partial charge in [0.2, 0.25) is 5.91 Å². The Hall–Kier alpha value is -1.32. The van der Waals surface area contributed by atoms with Crippen LogP contribution in [0, 0.1) is 0 Å². The van der Waals surface area contributed by atoms with Crippen LogP contribution in [0.4, 0.5) is 0 Å². The summed E-state index contributed by atoms with van der Waals surface area (Å²) in [4.78, 5) is 16.0. The Morgan fingerprint density at radius 1 is 1.25 bits per heavy atom. The van der Waals surface area contributed by atoms with Gasteiger partial charge < -0.3 is 20.5 Å². The van der Waals surface area contributed by atoms with Crippen LogP contribution < -0.4 is 16.0 Å². The van der Waals surface area contributed by atoms with E-state index in [0.29, 0.717) is 31.4 Å². The van der Waals surface area contributed by atoms with Gasteiger partial charge in [0.15, 0.2) is 11.7 Å². The fraction of sp³-hybridized carbons (Fsp3) is 0.688. The van der Waals surface area contributed by atoms with E-state index in [1.807, 2.05) is 19.9 Å². The van der Waals surface area contributed by atoms with Crippen molar-refractivity contribution in [2.24, 2.45) is 4.99 Å². The van der Waals surface area contributed by atoms with Crippen LogP contribution in [-0.4, -0.2) is 36.7 Å². The standard InChI is InChI=1S/C16H29N5O2.HI/c1-5-8-18-15(22)7-9-19-16(17-6-2)20-11-13-10-14(12(3)4)21-23-13;/h10,12H,5-9,11H2,1-4H3,(H,18,22)(H2,17,19,20);1H. The number of rotatable bonds is 9. The molecule has 0 aromatic carbocycles. The van der Waals surface area contributed by atoms with Gasteiger partial charge in [-0.25, -0.2) is 4.99 Å². The highest BCUT2D eigenvalue weighted by molar-refractivity contribution is 14.0. The number of carbonyl (C=O) groups excluding carboxylic acids is 1. The van der Waals surface area contributed by atoms with Gasteiger partial charge in [0, 0.05) is 32.1 Å². The summed E-state index contributed by atoms with van der Waals surface area (Å²) in [7, 11) is 0. The predicted octanol–water partition coefficient (Wildman–Crippen LogP) is 2.39. The largest absolute Gasteiger partial charge is 0.359 e. The lowest BCUT2D eigenvalue weighted by Crippen LogP contribution is -2.39. The van der Waals surface area contributed by atoms with Crippen LogP contribution in [0.3, 0.4) is 0 Å². The summed E-state index contributed by atoms with van der Waals surface area (Å²) in [6.07, 6.45) is 1.36. The highest BCUT2D eigenvalue weighted by Crippen LogP contribution is 2.14. The number of amides is 1. The minimum absolute atomic E-state index is 0. The molecule has 0 saturated carbocycles. The van der Waals surface area contributed by atoms with Gasteiger partial charge in [0.05, 0.1) is 5.69 Å². The number of halogens is 1. The molecule has 1 amide bonds. The summed E-state index contributed by atoms with van der Waals surface area (Å²) in [6, 6.07) is 1.93. The van der Waals surface area contributed by atoms with Gasteiger partial charge in [0.1, 0.15) is 6.54 Å². The fourth-order valence-electron chi connectivity index (χ4n) is 1.82. The van der Waals surface area contributed by atoms with Crippen LogP contribution in [0.1, 0.15) is 57.9 Å². The molecule has 0 saturated heterocycles. The molecule has 1 rings (SSSR count). The second-order valence-electron chi connectivity index (χ2n) is 5.59. The molecule has 1 heterocycles. The smallest absolute Gasteiger partial charge is 0.221 e. The van der Waals surface area contributed by atoms with Gasteiger partial charge in [-0.1, -0.05) is 25.9 Å². The molecule has 0 fully saturated rings. The number of hydrogen-bond donors (Lipinski definition) is 3. The summed E-state index contributed by atoms with van der Waals surface area (Å²) < 4.78 is 5.26. The van der Waals surface area contributed by atoms with E-state index in [-0.39, 0.29) is 29.9 Å². The number of nitrogens with zero attached hydrogens (tertiary/aromatic N) is 2. The molecule has 0 aliphatic heterocycles. The molecule has 138 valence electrons. The molecule has 1 aromatic rings. The first kappa shape index (κ1) is 22.7. The Morgan fingerprint density at radius 3 is 2.58 bits per heavy atom. The van der Waals surface area contributed by atoms with Crippen molar-refractivity contribution in [3.05, 3.63) is 17.5 Å². The minimum atomic E-state index is 0. The molecule has 0 atom stereocenters. The minimum Gasteiger partial charge on any atom is -0.359 e. The first-order valence-corrected chi connectivity index (χ1v) is 8.31. The van der Waals surface area contributed by atoms with E-state index in [4.69, 9.17) is 4.52 Å². The first-order valence-electron chi connectivity index (χ1n) is 8.31. The molecule has 0 spiro atoms. The van der Waals surface area contributed by atoms with Gasteiger partial charge in [-0.2, -0.15) is 0 Å². The van der Waals surface area contributed by atoms with Crippen molar-refractivity contribution in [1.29, 1.82) is 0 Å². The quantitative estimate of drug-likeness (QED) is 0.305. The lowest BCUT2D eigenvalue weighted by atomic mass is 10.1. The maximum atomic E-state index is 11.6. The van der Waals surface area contributed by atoms with E-state index in [1.54, 1.807) is 0 Å². The van der Waals surface area contributed by atoms with Gasteiger partial charge in [0.25, 0.3) is 0 Å². The molecule has 0 bridgehead atoms. The zero-order valence-corrected chi connectivity index (χ0v) is 17.3. The molecule has 8 heteroatoms. The van der Waals surface area contributed by atoms with Crippen molar-refractivity contribution in [2.75, 3.05) is 19.6 Å². The third-order valence-corrected chi connectivity index (χ3v) is 3.12. The Balaban J connectivity index is 0.00000529. The van der Waals surface area contributed by atoms with Crippen LogP contribution in [0.15, 0.2) is 15.6 Å². The normalized spacial score (nSPS) is 11.1. The molecule has 0 radical (unpaired) electrons. The Bertz CT molecular complexity index is 502. The van der Waals surface area contributed by atoms with Gasteiger partial charge >= 0.3 is 0 Å². The second kappa shape index (κ2) is 13.0. The summed E-state index contributed by atoms with van der Waals surface area (Å²) in [5.74, 6) is 1.78. The molecule has 0 aliphatic rings. The molecule has 7 nitrogen and oxygen atoms in total. The SMILES string of the molecule is CCCNC(=O)CCNC(=NCc1cc(C(C)C)no1)NCC.I. The average molecular weight is 451 g/mol. The van der Waals surface area contributed by atoms with Crippen molar-refractivity contribution < 1.29 is 9.32 Å². The highest BCUT2D eigenvalue weighted by atomic mass is 127. The Labute approximate surface area is 161 Å². The van der Waals surface area contributed by atoms with Gasteiger partial charge in [-0.3, -0.25) is 4.79 Å². The zero-order chi connectivity index (χ0) is 17.1. The van der Waals surface area contributed by atoms with Crippen molar-refractivity contribution >= 4 is 35.8 Å². The molecule has 0 aliphatic carbocycles. The van der Waals surface area contributed by atoms with E-state index in [1.165, 1.54) is 0 Å². The summed E-state index contributed by atoms with van der Waals surface area (Å²) >= 11 is 0. The fourth-order valence-corrected chi connectivity index (χ4v) is 1.82. The van der Waals surface area contributed by atoms with Crippen molar-refractivity contribution in [2.45, 2.75) is 53.0 Å². The maximum absolute atomic E-state index is 11.6. The lowest BCUT2D eigenvalue weighted by Gasteiger charge is -2.10. The molecule has 0 unspecified atom stereocenters. The van der Waals surface area contributed by atoms with Crippen molar-refractivity contribution in [1.82, 2.24) is 21.1 Å². The summed E-state index contributed by atoms with van der Waals surface area (Å²) in [5.41, 5.74) is 0.931. The summed E-state index contributed by atoms with van der Waals surface area (Å²) in [5, 5.41) is 13.2. The molecular weight excluding hydrogens is 421 g/mol. The number of aliphatic imine (C=N–C) groups is 1. The summed E-state index contributed by atoms with van der Waals surface area (Å²) in [6.45, 7) is 10.6. The number of aromatic nitrogens is 1. The third kappa shape index (κ3) is 9.09. The number of nitrogens with one attached hydrogen (secondary N) is 3. The average Bonchev–Trinajstić information content (AvgIpc) is 2.99. The van der Waals surface area contributed by atoms with Crippen LogP contribution in [0.5, 0.6) is 0 Å². The number of hydrogen-bond acceptors (Lipinski definition) is 4. The molecular formula is C16H30IN5O2. The zero-order valence-electron chi connectivity index (χ0n) is 15.0. The second-order valence-corrected chi connectivity index (χ2v) is 5.59. The molecule has 1 aromatic heterocycles. The maximum Gasteiger partial charge on any atom is 0.221 e. The van der Waals surface area contributed by atoms with E-state index in [0.717, 1.165) is 31.0 Å². The van der Waals surface area contributed by atoms with Crippen LogP contribution in [0.25, 0.3) is 0 Å². The Morgan fingerprint density at radius 2 is 2.00 bits per heavy atom. The van der Waals surface area contributed by atoms with Gasteiger partial charge in [-0.05, 0) is 19.3 Å². The van der Waals surface area contributed by atoms with Crippen LogP contribution >= 0.6 is 24.0 Å². The van der Waals surface area contributed by atoms with Crippen LogP contribution in [-0.2, 0) is 11.3 Å². The van der Waals surface area contributed by atoms with E-state index < -0.39 is 0 Å². The number of guanidine groups is 1. The highest BCUT2D eigenvalue weighted by Gasteiger charge is 2.07. The van der Waals surface area contributed by atoms with E-state index in [2.05, 4.69) is 39.9 Å². The lowest BCUT2D eigenvalue weighted by molar-refractivity contribution is -0.120. The first-order chi connectivity index (χ1) is 11.1. The predicted molar refractivity (Wildman–Crippen MR) is 107 cm³/mol. The molecule has 24 heavy (non-hydrogen) atoms. The van der Waals surface area contributed by atoms with E-state index >= 15 is 0 Å². The van der Waals surface area contributed by atoms with Gasteiger partial charge in [-0.15, -0.1) is 24.0 Å². The van der Waals surface area contributed by atoms with Crippen molar-refractivity contribution in [3.8, 4) is 0 Å².